The molecule has 1 atom stereocenters. The third-order valence-electron chi connectivity index (χ3n) is 14.0. The fourth-order valence-corrected chi connectivity index (χ4v) is 11.0. The van der Waals surface area contributed by atoms with Crippen molar-refractivity contribution in [2.75, 3.05) is 9.80 Å². The van der Waals surface area contributed by atoms with Gasteiger partial charge in [0, 0.05) is 33.3 Å². The lowest BCUT2D eigenvalue weighted by Gasteiger charge is -2.32. The van der Waals surface area contributed by atoms with Crippen LogP contribution < -0.4 is 15.1 Å². The highest BCUT2D eigenvalue weighted by atomic mass is 31.0. The van der Waals surface area contributed by atoms with Crippen molar-refractivity contribution < 1.29 is 0 Å². The predicted octanol–water partition coefficient (Wildman–Crippen LogP) is 18.6. The largest absolute Gasteiger partial charge is 0.309 e. The van der Waals surface area contributed by atoms with Gasteiger partial charge >= 0.3 is 0 Å². The molecule has 0 saturated carbocycles. The van der Waals surface area contributed by atoms with E-state index in [9.17, 15) is 0 Å². The molecule has 1 unspecified atom stereocenters. The summed E-state index contributed by atoms with van der Waals surface area (Å²) in [5.74, 6) is 0. The van der Waals surface area contributed by atoms with Crippen LogP contribution in [0.5, 0.6) is 0 Å². The highest BCUT2D eigenvalue weighted by Gasteiger charge is 2.27. The van der Waals surface area contributed by atoms with E-state index in [1.807, 2.05) is 0 Å². The number of aryl methyl sites for hydroxylation is 3. The monoisotopic (exact) mass is 914 g/mol. The molecule has 0 heterocycles. The smallest absolute Gasteiger partial charge is 0.0612 e. The SMILES string of the molecule is Cc1ccc(N(c2c(C)cc(-c3ccccc3)cc2-c2ccccc2)c2ccc3ccc4c(N(c5ccc(C)cc5)c5c(P)cc(-c6ccccc6)cc5-c5ccccc5)ccc5ccc2c3c54)cc1. The van der Waals surface area contributed by atoms with Crippen LogP contribution in [0.4, 0.5) is 34.1 Å². The van der Waals surface area contributed by atoms with Crippen LogP contribution in [0, 0.1) is 20.8 Å². The van der Waals surface area contributed by atoms with Gasteiger partial charge in [-0.2, -0.15) is 0 Å². The average Bonchev–Trinajstić information content (AvgIpc) is 3.41. The molecule has 3 heteroatoms. The molecule has 0 aliphatic rings. The van der Waals surface area contributed by atoms with E-state index in [1.54, 1.807) is 0 Å². The van der Waals surface area contributed by atoms with Gasteiger partial charge in [-0.05, 0) is 147 Å². The van der Waals surface area contributed by atoms with Crippen LogP contribution in [0.25, 0.3) is 76.8 Å². The van der Waals surface area contributed by atoms with Crippen LogP contribution in [0.3, 0.4) is 0 Å². The van der Waals surface area contributed by atoms with Gasteiger partial charge in [0.1, 0.15) is 0 Å². The van der Waals surface area contributed by atoms with Crippen molar-refractivity contribution in [3.63, 3.8) is 0 Å². The van der Waals surface area contributed by atoms with Gasteiger partial charge in [-0.15, -0.1) is 9.24 Å². The maximum absolute atomic E-state index is 3.13. The van der Waals surface area contributed by atoms with E-state index < -0.39 is 0 Å². The Balaban J connectivity index is 1.12. The lowest BCUT2D eigenvalue weighted by Crippen LogP contribution is -2.18. The average molecular weight is 915 g/mol. The first-order valence-corrected chi connectivity index (χ1v) is 24.7. The van der Waals surface area contributed by atoms with E-state index in [1.165, 1.54) is 82.4 Å². The van der Waals surface area contributed by atoms with Crippen molar-refractivity contribution >= 4 is 81.0 Å². The summed E-state index contributed by atoms with van der Waals surface area (Å²) in [6.45, 7) is 6.60. The van der Waals surface area contributed by atoms with Crippen molar-refractivity contribution in [1.82, 2.24) is 0 Å². The minimum absolute atomic E-state index is 1.10. The topological polar surface area (TPSA) is 6.48 Å². The van der Waals surface area contributed by atoms with Crippen molar-refractivity contribution in [2.24, 2.45) is 0 Å². The van der Waals surface area contributed by atoms with Crippen LogP contribution >= 0.6 is 9.24 Å². The van der Waals surface area contributed by atoms with Crippen LogP contribution in [0.2, 0.25) is 0 Å². The Morgan fingerprint density at radius 2 is 0.686 bits per heavy atom. The van der Waals surface area contributed by atoms with E-state index in [4.69, 9.17) is 0 Å². The van der Waals surface area contributed by atoms with Crippen molar-refractivity contribution in [2.45, 2.75) is 20.8 Å². The molecule has 12 rings (SSSR count). The molecule has 0 aliphatic heterocycles. The molecular formula is C67H51N2P. The third-order valence-corrected chi connectivity index (χ3v) is 14.4. The van der Waals surface area contributed by atoms with Crippen molar-refractivity contribution in [3.8, 4) is 44.5 Å². The summed E-state index contributed by atoms with van der Waals surface area (Å²) < 4.78 is 0. The van der Waals surface area contributed by atoms with Crippen LogP contribution in [0.1, 0.15) is 16.7 Å². The molecule has 0 N–H and O–H groups in total. The zero-order valence-electron chi connectivity index (χ0n) is 39.6. The Bertz CT molecular complexity index is 3580. The number of benzene rings is 12. The number of hydrogen-bond acceptors (Lipinski definition) is 2. The molecule has 334 valence electrons. The zero-order valence-corrected chi connectivity index (χ0v) is 40.7. The van der Waals surface area contributed by atoms with Gasteiger partial charge in [-0.3, -0.25) is 0 Å². The zero-order chi connectivity index (χ0) is 47.3. The van der Waals surface area contributed by atoms with E-state index >= 15 is 0 Å². The number of hydrogen-bond donors (Lipinski definition) is 0. The molecule has 0 saturated heterocycles. The van der Waals surface area contributed by atoms with Gasteiger partial charge in [0.05, 0.1) is 22.7 Å². The molecule has 0 aromatic heterocycles. The molecule has 0 fully saturated rings. The molecule has 0 aliphatic carbocycles. The second-order valence-corrected chi connectivity index (χ2v) is 19.2. The lowest BCUT2D eigenvalue weighted by molar-refractivity contribution is 1.26. The van der Waals surface area contributed by atoms with Gasteiger partial charge in [0.15, 0.2) is 0 Å². The second-order valence-electron chi connectivity index (χ2n) is 18.5. The first kappa shape index (κ1) is 43.0. The van der Waals surface area contributed by atoms with Gasteiger partial charge < -0.3 is 9.80 Å². The molecule has 12 aromatic rings. The molecule has 0 amide bonds. The molecule has 70 heavy (non-hydrogen) atoms. The fourth-order valence-electron chi connectivity index (χ4n) is 10.6. The summed E-state index contributed by atoms with van der Waals surface area (Å²) >= 11 is 0. The first-order chi connectivity index (χ1) is 34.4. The highest BCUT2D eigenvalue weighted by molar-refractivity contribution is 7.28. The van der Waals surface area contributed by atoms with Crippen molar-refractivity contribution in [1.29, 1.82) is 0 Å². The number of rotatable bonds is 10. The summed E-state index contributed by atoms with van der Waals surface area (Å²) in [6, 6.07) is 89.3. The number of anilines is 6. The Labute approximate surface area is 413 Å². The minimum Gasteiger partial charge on any atom is -0.309 e. The standard InChI is InChI=1S/C67H51N2P/c1-44-24-32-55(33-25-44)68(66-46(3)40-53(47-16-8-4-9-17-47)41-59(66)49-20-12-6-13-21-49)61-38-30-51-29-37-58-62(39-31-52-28-36-57(61)64(51)65(52)58)69(56-34-26-45(2)27-35-56)67-60(50-22-14-7-15-23-50)42-54(43-63(67)70)48-18-10-5-11-19-48/h4-43H,70H2,1-3H3. The molecule has 0 bridgehead atoms. The van der Waals surface area contributed by atoms with Gasteiger partial charge in [-0.1, -0.05) is 193 Å². The summed E-state index contributed by atoms with van der Waals surface area (Å²) in [6.07, 6.45) is 0. The van der Waals surface area contributed by atoms with Gasteiger partial charge in [0.25, 0.3) is 0 Å². The summed E-state index contributed by atoms with van der Waals surface area (Å²) in [7, 11) is 3.13. The molecule has 0 spiro atoms. The Morgan fingerprint density at radius 3 is 1.13 bits per heavy atom. The van der Waals surface area contributed by atoms with Gasteiger partial charge in [0.2, 0.25) is 0 Å². The van der Waals surface area contributed by atoms with Crippen molar-refractivity contribution in [3.05, 3.63) is 259 Å². The number of nitrogens with zero attached hydrogens (tertiary/aromatic N) is 2. The van der Waals surface area contributed by atoms with E-state index in [0.29, 0.717) is 0 Å². The Kier molecular flexibility index (Phi) is 11.1. The molecule has 0 radical (unpaired) electrons. The van der Waals surface area contributed by atoms with Crippen LogP contribution in [-0.4, -0.2) is 0 Å². The lowest BCUT2D eigenvalue weighted by atomic mass is 9.90. The second kappa shape index (κ2) is 18.0. The fraction of sp³-hybridized carbons (Fsp3) is 0.0448. The summed E-state index contributed by atoms with van der Waals surface area (Å²) in [5.41, 5.74) is 19.9. The summed E-state index contributed by atoms with van der Waals surface area (Å²) in [4.78, 5) is 5.01. The summed E-state index contributed by atoms with van der Waals surface area (Å²) in [5, 5.41) is 8.44. The van der Waals surface area contributed by atoms with Crippen LogP contribution in [-0.2, 0) is 0 Å². The highest BCUT2D eigenvalue weighted by Crippen LogP contribution is 2.51. The predicted molar refractivity (Wildman–Crippen MR) is 305 cm³/mol. The maximum atomic E-state index is 3.13. The third kappa shape index (κ3) is 7.68. The normalized spacial score (nSPS) is 11.4. The maximum Gasteiger partial charge on any atom is 0.0612 e. The quantitative estimate of drug-likeness (QED) is 0.0996. The molecule has 2 nitrogen and oxygen atoms in total. The molecular weight excluding hydrogens is 864 g/mol. The first-order valence-electron chi connectivity index (χ1n) is 24.1. The Hall–Kier alpha value is -8.29. The van der Waals surface area contributed by atoms with Gasteiger partial charge in [-0.25, -0.2) is 0 Å². The van der Waals surface area contributed by atoms with E-state index in [0.717, 1.165) is 50.6 Å². The minimum atomic E-state index is 1.10. The Morgan fingerprint density at radius 1 is 0.314 bits per heavy atom. The van der Waals surface area contributed by atoms with E-state index in [2.05, 4.69) is 282 Å². The molecule has 12 aromatic carbocycles. The van der Waals surface area contributed by atoms with Crippen LogP contribution in [0.15, 0.2) is 243 Å². The van der Waals surface area contributed by atoms with E-state index in [-0.39, 0.29) is 0 Å².